The fourth-order valence-electron chi connectivity index (χ4n) is 2.04. The van der Waals surface area contributed by atoms with E-state index in [1.807, 2.05) is 30.3 Å². The molecule has 3 heteroatoms. The van der Waals surface area contributed by atoms with Crippen LogP contribution in [0.15, 0.2) is 49.0 Å². The van der Waals surface area contributed by atoms with Crippen molar-refractivity contribution in [3.05, 3.63) is 66.0 Å². The average molecular weight is 270 g/mol. The van der Waals surface area contributed by atoms with E-state index in [-0.39, 0.29) is 12.0 Å². The van der Waals surface area contributed by atoms with Gasteiger partial charge in [-0.1, -0.05) is 49.1 Å². The molecule has 0 bridgehead atoms. The molecule has 104 valence electrons. The highest BCUT2D eigenvalue weighted by atomic mass is 19.1. The lowest BCUT2D eigenvalue weighted by Crippen LogP contribution is -2.36. The molecule has 1 unspecified atom stereocenters. The fourth-order valence-corrected chi connectivity index (χ4v) is 2.04. The van der Waals surface area contributed by atoms with E-state index in [1.165, 1.54) is 0 Å². The van der Waals surface area contributed by atoms with Crippen LogP contribution in [0.2, 0.25) is 0 Å². The number of likely N-dealkylation sites (N-methyl/N-ethyl adjacent to an activating group) is 1. The summed E-state index contributed by atoms with van der Waals surface area (Å²) in [5.74, 6) is -0.221. The molecular weight excluding hydrogens is 251 g/mol. The molecule has 20 heavy (non-hydrogen) atoms. The van der Waals surface area contributed by atoms with Gasteiger partial charge in [0.1, 0.15) is 5.82 Å². The minimum Gasteiger partial charge on any atom is -0.316 e. The van der Waals surface area contributed by atoms with Crippen molar-refractivity contribution in [1.29, 1.82) is 0 Å². The lowest BCUT2D eigenvalue weighted by atomic mass is 10.0. The van der Waals surface area contributed by atoms with Gasteiger partial charge in [0.25, 0.3) is 0 Å². The molecule has 0 aliphatic carbocycles. The van der Waals surface area contributed by atoms with Crippen LogP contribution >= 0.6 is 0 Å². The highest BCUT2D eigenvalue weighted by Gasteiger charge is 2.08. The van der Waals surface area contributed by atoms with Gasteiger partial charge < -0.3 is 11.1 Å². The van der Waals surface area contributed by atoms with Gasteiger partial charge in [0.15, 0.2) is 0 Å². The van der Waals surface area contributed by atoms with Gasteiger partial charge in [0, 0.05) is 6.42 Å². The summed E-state index contributed by atoms with van der Waals surface area (Å²) < 4.78 is 14.1. The first-order valence-electron chi connectivity index (χ1n) is 6.58. The average Bonchev–Trinajstić information content (AvgIpc) is 2.49. The molecule has 0 fully saturated rings. The van der Waals surface area contributed by atoms with E-state index in [1.54, 1.807) is 25.3 Å². The molecule has 1 atom stereocenters. The van der Waals surface area contributed by atoms with E-state index in [0.29, 0.717) is 12.0 Å². The van der Waals surface area contributed by atoms with Crippen molar-refractivity contribution in [2.75, 3.05) is 7.05 Å². The Labute approximate surface area is 119 Å². The third-order valence-corrected chi connectivity index (χ3v) is 3.34. The van der Waals surface area contributed by atoms with E-state index in [0.717, 1.165) is 16.7 Å². The Morgan fingerprint density at radius 3 is 2.40 bits per heavy atom. The maximum absolute atomic E-state index is 14.1. The Balaban J connectivity index is 2.25. The molecular formula is C17H19FN2. The molecule has 0 spiro atoms. The fraction of sp³-hybridized carbons (Fsp3) is 0.176. The molecule has 0 saturated heterocycles. The minimum atomic E-state index is -0.234. The second-order valence-electron chi connectivity index (χ2n) is 4.73. The highest BCUT2D eigenvalue weighted by Crippen LogP contribution is 2.23. The maximum Gasteiger partial charge on any atom is 0.127 e. The number of nitrogens with two attached hydrogens (primary N) is 1. The Hall–Kier alpha value is -1.97. The summed E-state index contributed by atoms with van der Waals surface area (Å²) in [4.78, 5) is 0. The molecule has 0 aliphatic heterocycles. The van der Waals surface area contributed by atoms with Gasteiger partial charge in [-0.3, -0.25) is 0 Å². The molecule has 2 aromatic rings. The van der Waals surface area contributed by atoms with Crippen molar-refractivity contribution >= 4 is 6.08 Å². The van der Waals surface area contributed by atoms with Gasteiger partial charge in [-0.15, -0.1) is 0 Å². The van der Waals surface area contributed by atoms with Crippen molar-refractivity contribution in [2.24, 2.45) is 5.73 Å². The molecule has 0 aliphatic rings. The zero-order valence-electron chi connectivity index (χ0n) is 11.6. The highest BCUT2D eigenvalue weighted by molar-refractivity contribution is 5.65. The Morgan fingerprint density at radius 1 is 1.20 bits per heavy atom. The first kappa shape index (κ1) is 14.4. The number of halogens is 1. The van der Waals surface area contributed by atoms with Gasteiger partial charge >= 0.3 is 0 Å². The summed E-state index contributed by atoms with van der Waals surface area (Å²) >= 11 is 0. The Morgan fingerprint density at radius 2 is 1.85 bits per heavy atom. The molecule has 0 radical (unpaired) electrons. The summed E-state index contributed by atoms with van der Waals surface area (Å²) in [5, 5.41) is 2.90. The van der Waals surface area contributed by atoms with Gasteiger partial charge in [0.2, 0.25) is 0 Å². The quantitative estimate of drug-likeness (QED) is 0.819. The van der Waals surface area contributed by atoms with Crippen molar-refractivity contribution in [3.63, 3.8) is 0 Å². The maximum atomic E-state index is 14.1. The van der Waals surface area contributed by atoms with E-state index < -0.39 is 0 Å². The molecule has 0 saturated carbocycles. The summed E-state index contributed by atoms with van der Waals surface area (Å²) in [6.45, 7) is 3.72. The summed E-state index contributed by atoms with van der Waals surface area (Å²) in [5.41, 5.74) is 9.28. The number of hydrogen-bond donors (Lipinski definition) is 2. The van der Waals surface area contributed by atoms with Crippen LogP contribution in [0.1, 0.15) is 11.1 Å². The third-order valence-electron chi connectivity index (χ3n) is 3.34. The van der Waals surface area contributed by atoms with Crippen molar-refractivity contribution in [3.8, 4) is 11.1 Å². The molecule has 0 amide bonds. The van der Waals surface area contributed by atoms with E-state index in [4.69, 9.17) is 5.73 Å². The van der Waals surface area contributed by atoms with Gasteiger partial charge in [-0.25, -0.2) is 4.39 Å². The first-order valence-corrected chi connectivity index (χ1v) is 6.58. The lowest BCUT2D eigenvalue weighted by molar-refractivity contribution is 0.549. The summed E-state index contributed by atoms with van der Waals surface area (Å²) in [6.07, 6.45) is 2.02. The second kappa shape index (κ2) is 6.46. The largest absolute Gasteiger partial charge is 0.316 e. The second-order valence-corrected chi connectivity index (χ2v) is 4.73. The molecule has 2 rings (SSSR count). The van der Waals surface area contributed by atoms with Crippen LogP contribution in [0.25, 0.3) is 17.2 Å². The molecule has 2 nitrogen and oxygen atoms in total. The van der Waals surface area contributed by atoms with E-state index in [9.17, 15) is 4.39 Å². The Bertz CT molecular complexity index is 590. The minimum absolute atomic E-state index is 0.221. The molecule has 2 aromatic carbocycles. The monoisotopic (exact) mass is 270 g/mol. The summed E-state index contributed by atoms with van der Waals surface area (Å²) in [6, 6.07) is 13.1. The normalized spacial score (nSPS) is 12.2. The number of hydrogen-bond acceptors (Lipinski definition) is 2. The van der Waals surface area contributed by atoms with Crippen LogP contribution in [0.5, 0.6) is 0 Å². The van der Waals surface area contributed by atoms with Crippen LogP contribution in [0.4, 0.5) is 4.39 Å². The lowest BCUT2D eigenvalue weighted by Gasteiger charge is -2.12. The van der Waals surface area contributed by atoms with Crippen molar-refractivity contribution in [1.82, 2.24) is 5.32 Å². The van der Waals surface area contributed by atoms with Crippen LogP contribution in [-0.2, 0) is 6.42 Å². The SMILES string of the molecule is C=Cc1ccc(-c2ccc(CC(N)NC)c(F)c2)cc1. The third kappa shape index (κ3) is 3.32. The standard InChI is InChI=1S/C17H19FN2/c1-3-12-4-6-13(7-5-12)14-8-9-15(16(18)10-14)11-17(19)20-2/h3-10,17,20H,1,11,19H2,2H3. The number of benzene rings is 2. The van der Waals surface area contributed by atoms with Gasteiger partial charge in [0.05, 0.1) is 6.17 Å². The smallest absolute Gasteiger partial charge is 0.127 e. The van der Waals surface area contributed by atoms with Gasteiger partial charge in [-0.05, 0) is 35.4 Å². The predicted molar refractivity (Wildman–Crippen MR) is 82.7 cm³/mol. The van der Waals surface area contributed by atoms with E-state index >= 15 is 0 Å². The zero-order chi connectivity index (χ0) is 14.5. The summed E-state index contributed by atoms with van der Waals surface area (Å²) in [7, 11) is 1.76. The zero-order valence-corrected chi connectivity index (χ0v) is 11.6. The van der Waals surface area contributed by atoms with Crippen LogP contribution in [0, 0.1) is 5.82 Å². The van der Waals surface area contributed by atoms with Gasteiger partial charge in [-0.2, -0.15) is 0 Å². The van der Waals surface area contributed by atoms with Crippen molar-refractivity contribution < 1.29 is 4.39 Å². The first-order chi connectivity index (χ1) is 9.63. The topological polar surface area (TPSA) is 38.0 Å². The number of rotatable bonds is 5. The van der Waals surface area contributed by atoms with Crippen LogP contribution < -0.4 is 11.1 Å². The molecule has 0 aromatic heterocycles. The van der Waals surface area contributed by atoms with Crippen LogP contribution in [-0.4, -0.2) is 13.2 Å². The number of nitrogens with one attached hydrogen (secondary N) is 1. The van der Waals surface area contributed by atoms with Crippen LogP contribution in [0.3, 0.4) is 0 Å². The molecule has 0 heterocycles. The predicted octanol–water partition coefficient (Wildman–Crippen LogP) is 3.18. The Kier molecular flexibility index (Phi) is 4.66. The van der Waals surface area contributed by atoms with Crippen molar-refractivity contribution in [2.45, 2.75) is 12.6 Å². The molecule has 3 N–H and O–H groups in total. The van der Waals surface area contributed by atoms with E-state index in [2.05, 4.69) is 11.9 Å².